The van der Waals surface area contributed by atoms with Gasteiger partial charge in [-0.1, -0.05) is 40.7 Å². The van der Waals surface area contributed by atoms with Crippen molar-refractivity contribution >= 4 is 17.8 Å². The van der Waals surface area contributed by atoms with Gasteiger partial charge < -0.3 is 4.74 Å². The summed E-state index contributed by atoms with van der Waals surface area (Å²) in [7, 11) is 4.24. The molecule has 2 aromatic heterocycles. The number of hydrogen-bond acceptors (Lipinski definition) is 4. The lowest BCUT2D eigenvalue weighted by Gasteiger charge is -2.32. The predicted molar refractivity (Wildman–Crippen MR) is 154 cm³/mol. The Kier molecular flexibility index (Phi) is 12.2. The fraction of sp³-hybridized carbons (Fsp3) is 0.690. The Hall–Kier alpha value is -2.52. The van der Waals surface area contributed by atoms with Gasteiger partial charge in [0.15, 0.2) is 5.70 Å². The van der Waals surface area contributed by atoms with Gasteiger partial charge in [-0.2, -0.15) is 5.10 Å². The van der Waals surface area contributed by atoms with Gasteiger partial charge in [0.1, 0.15) is 6.67 Å². The van der Waals surface area contributed by atoms with E-state index in [9.17, 15) is 4.39 Å². The van der Waals surface area contributed by atoms with Gasteiger partial charge in [0.25, 0.3) is 5.82 Å². The molecule has 0 radical (unpaired) electrons. The average Bonchev–Trinajstić information content (AvgIpc) is 3.62. The largest absolute Gasteiger partial charge is 0.381 e. The van der Waals surface area contributed by atoms with Gasteiger partial charge in [-0.3, -0.25) is 14.9 Å². The summed E-state index contributed by atoms with van der Waals surface area (Å²) in [5.41, 5.74) is 2.39. The Balaban J connectivity index is 0.00000247. The number of anilines is 1. The van der Waals surface area contributed by atoms with E-state index in [2.05, 4.69) is 56.0 Å². The van der Waals surface area contributed by atoms with Crippen LogP contribution in [0.2, 0.25) is 0 Å². The molecule has 1 aliphatic rings. The fourth-order valence-electron chi connectivity index (χ4n) is 5.07. The highest BCUT2D eigenvalue weighted by molar-refractivity contribution is 5.51. The molecule has 0 aliphatic carbocycles. The van der Waals surface area contributed by atoms with Gasteiger partial charge in [0, 0.05) is 36.3 Å². The number of aromatic amines is 1. The smallest absolute Gasteiger partial charge is 0.378 e. The van der Waals surface area contributed by atoms with E-state index in [4.69, 9.17) is 9.84 Å². The molecule has 3 rings (SSSR count). The highest BCUT2D eigenvalue weighted by Crippen LogP contribution is 2.41. The molecule has 2 N–H and O–H groups in total. The molecule has 38 heavy (non-hydrogen) atoms. The van der Waals surface area contributed by atoms with E-state index in [1.165, 1.54) is 5.56 Å². The third-order valence-electron chi connectivity index (χ3n) is 7.53. The first-order chi connectivity index (χ1) is 18.1. The number of allylic oxidation sites excluding steroid dienone is 1. The van der Waals surface area contributed by atoms with Gasteiger partial charge in [-0.05, 0) is 44.2 Å². The van der Waals surface area contributed by atoms with Crippen molar-refractivity contribution in [1.29, 1.82) is 0 Å². The van der Waals surface area contributed by atoms with Crippen molar-refractivity contribution in [2.75, 3.05) is 45.3 Å². The standard InChI is InChI=1S/C27H46FN7O.C2H6/c1-8-15-36-16-12-27(5)11-14-35(7,20-27)23(4)25-33(6)26(31-22(3)17-28)32-34(25)13-9-10-21(2)24-18-29-30-19-24;1-2/h9,13,18-19,21-22H,4,8,10-12,14-17,20H2,1-3,5-7H3,(H,29,30)(H,31,32);1-2H3/q+2;/b13-9-;. The number of ether oxygens (including phenoxy) is 1. The molecule has 0 spiro atoms. The molecule has 1 aliphatic heterocycles. The maximum atomic E-state index is 13.3. The van der Waals surface area contributed by atoms with Gasteiger partial charge in [0.2, 0.25) is 0 Å². The quantitative estimate of drug-likeness (QED) is 0.190. The zero-order valence-corrected chi connectivity index (χ0v) is 25.1. The zero-order valence-electron chi connectivity index (χ0n) is 25.1. The maximum absolute atomic E-state index is 13.3. The Labute approximate surface area is 229 Å². The first-order valence-electron chi connectivity index (χ1n) is 14.2. The minimum atomic E-state index is -0.465. The van der Waals surface area contributed by atoms with Gasteiger partial charge in [-0.15, -0.1) is 4.68 Å². The number of nitrogens with zero attached hydrogens (tertiary/aromatic N) is 5. The molecular formula is C29H52FN7O+2. The molecule has 3 heterocycles. The van der Waals surface area contributed by atoms with E-state index in [1.54, 1.807) is 0 Å². The van der Waals surface area contributed by atoms with Crippen LogP contribution >= 0.6 is 0 Å². The molecule has 214 valence electrons. The Morgan fingerprint density at radius 1 is 1.39 bits per heavy atom. The van der Waals surface area contributed by atoms with Crippen molar-refractivity contribution < 1.29 is 18.2 Å². The van der Waals surface area contributed by atoms with Crippen molar-refractivity contribution in [3.8, 4) is 0 Å². The van der Waals surface area contributed by atoms with Crippen molar-refractivity contribution in [1.82, 2.24) is 20.0 Å². The van der Waals surface area contributed by atoms with Crippen LogP contribution in [0, 0.1) is 5.41 Å². The van der Waals surface area contributed by atoms with Crippen molar-refractivity contribution in [2.45, 2.75) is 79.2 Å². The number of halogens is 1. The van der Waals surface area contributed by atoms with E-state index >= 15 is 0 Å². The van der Waals surface area contributed by atoms with Crippen molar-refractivity contribution in [2.24, 2.45) is 12.5 Å². The van der Waals surface area contributed by atoms with Crippen molar-refractivity contribution in [3.63, 3.8) is 0 Å². The molecule has 0 bridgehead atoms. The molecule has 4 unspecified atom stereocenters. The summed E-state index contributed by atoms with van der Waals surface area (Å²) in [5, 5.41) is 14.9. The number of H-pyrrole nitrogens is 1. The first kappa shape index (κ1) is 31.7. The van der Waals surface area contributed by atoms with Crippen LogP contribution < -0.4 is 9.88 Å². The Morgan fingerprint density at radius 2 is 2.13 bits per heavy atom. The number of alkyl halides is 1. The number of quaternary nitrogens is 1. The average molecular weight is 534 g/mol. The monoisotopic (exact) mass is 533 g/mol. The van der Waals surface area contributed by atoms with Crippen LogP contribution in [0.4, 0.5) is 10.3 Å². The fourth-order valence-corrected chi connectivity index (χ4v) is 5.07. The van der Waals surface area contributed by atoms with E-state index < -0.39 is 6.67 Å². The second-order valence-corrected chi connectivity index (χ2v) is 11.1. The van der Waals surface area contributed by atoms with Gasteiger partial charge >= 0.3 is 5.95 Å². The predicted octanol–water partition coefficient (Wildman–Crippen LogP) is 5.54. The van der Waals surface area contributed by atoms with E-state index in [-0.39, 0.29) is 11.5 Å². The van der Waals surface area contributed by atoms with Crippen LogP contribution in [0.15, 0.2) is 25.0 Å². The number of aromatic nitrogens is 5. The van der Waals surface area contributed by atoms with Crippen LogP contribution in [0.1, 0.15) is 84.5 Å². The molecule has 1 saturated heterocycles. The number of rotatable bonds is 14. The van der Waals surface area contributed by atoms with E-state index in [0.29, 0.717) is 11.9 Å². The number of nitrogens with one attached hydrogen (secondary N) is 2. The highest BCUT2D eigenvalue weighted by Gasteiger charge is 2.47. The van der Waals surface area contributed by atoms with Crippen molar-refractivity contribution in [3.05, 3.63) is 36.4 Å². The Bertz CT molecular complexity index is 1020. The molecule has 2 aromatic rings. The first-order valence-corrected chi connectivity index (χ1v) is 14.2. The second-order valence-electron chi connectivity index (χ2n) is 11.1. The van der Waals surface area contributed by atoms with Gasteiger partial charge in [-0.25, -0.2) is 8.96 Å². The highest BCUT2D eigenvalue weighted by atomic mass is 19.1. The van der Waals surface area contributed by atoms with E-state index in [1.807, 2.05) is 55.7 Å². The second kappa shape index (κ2) is 14.6. The molecule has 0 saturated carbocycles. The molecule has 9 heteroatoms. The lowest BCUT2D eigenvalue weighted by molar-refractivity contribution is -0.835. The normalized spacial score (nSPS) is 22.8. The summed E-state index contributed by atoms with van der Waals surface area (Å²) in [6.45, 7) is 20.2. The Morgan fingerprint density at radius 3 is 2.76 bits per heavy atom. The molecule has 8 nitrogen and oxygen atoms in total. The van der Waals surface area contributed by atoms with Crippen LogP contribution in [0.3, 0.4) is 0 Å². The molecule has 0 amide bonds. The molecule has 0 aromatic carbocycles. The van der Waals surface area contributed by atoms with Gasteiger partial charge in [0.05, 0.1) is 45.6 Å². The third-order valence-corrected chi connectivity index (χ3v) is 7.53. The van der Waals surface area contributed by atoms with Crippen LogP contribution in [0.5, 0.6) is 0 Å². The molecule has 1 fully saturated rings. The maximum Gasteiger partial charge on any atom is 0.378 e. The molecule has 4 atom stereocenters. The number of hydrogen-bond donors (Lipinski definition) is 2. The van der Waals surface area contributed by atoms with Crippen LogP contribution in [0.25, 0.3) is 11.9 Å². The third kappa shape index (κ3) is 7.99. The summed E-state index contributed by atoms with van der Waals surface area (Å²) >= 11 is 0. The topological polar surface area (TPSA) is 71.6 Å². The summed E-state index contributed by atoms with van der Waals surface area (Å²) in [5.74, 6) is 1.88. The molecular weight excluding hydrogens is 481 g/mol. The van der Waals surface area contributed by atoms with E-state index in [0.717, 1.165) is 68.0 Å². The SMILES string of the molecule is C=C(c1n(/C=C\CC(C)c2cn[nH]c2)nc(NC(C)CF)[n+]1C)[N+]1(C)CCC(C)(CCOCCC)C1.CC. The minimum absolute atomic E-state index is 0.203. The lowest BCUT2D eigenvalue weighted by Crippen LogP contribution is -2.46. The summed E-state index contributed by atoms with van der Waals surface area (Å²) in [6, 6.07) is -0.325. The summed E-state index contributed by atoms with van der Waals surface area (Å²) in [6.07, 6.45) is 12.0. The number of likely N-dealkylation sites (tertiary alicyclic amines) is 1. The van der Waals surface area contributed by atoms with Crippen LogP contribution in [-0.2, 0) is 11.8 Å². The minimum Gasteiger partial charge on any atom is -0.381 e. The summed E-state index contributed by atoms with van der Waals surface area (Å²) in [4.78, 5) is 0. The zero-order chi connectivity index (χ0) is 28.3. The lowest BCUT2D eigenvalue weighted by atomic mass is 9.86. The van der Waals surface area contributed by atoms with Crippen LogP contribution in [-0.4, -0.2) is 70.5 Å². The summed E-state index contributed by atoms with van der Waals surface area (Å²) < 4.78 is 23.7.